The van der Waals surface area contributed by atoms with Gasteiger partial charge >= 0.3 is 5.91 Å². The van der Waals surface area contributed by atoms with Crippen LogP contribution in [0.15, 0.2) is 50.4 Å². The number of nitrogens with one attached hydrogen (secondary N) is 1. The van der Waals surface area contributed by atoms with Gasteiger partial charge in [-0.3, -0.25) is 4.79 Å². The van der Waals surface area contributed by atoms with E-state index in [1.165, 1.54) is 13.3 Å². The lowest BCUT2D eigenvalue weighted by Crippen LogP contribution is -2.16. The number of carbonyl (C=O) groups excluding carboxylic acids is 1. The molecule has 142 valence electrons. The molecule has 0 unspecified atom stereocenters. The number of nitrogens with zero attached hydrogens (tertiary/aromatic N) is 2. The normalized spacial score (nSPS) is 10.8. The van der Waals surface area contributed by atoms with Gasteiger partial charge in [-0.25, -0.2) is 5.43 Å². The van der Waals surface area contributed by atoms with E-state index < -0.39 is 5.91 Å². The SMILES string of the molecule is COc1cc(/C=N/NC(=O)c2cc3cc(Br)ccc3o2)cc(Cl)c1OCC#N. The van der Waals surface area contributed by atoms with Crippen molar-refractivity contribution in [1.82, 2.24) is 5.43 Å². The number of hydrogen-bond acceptors (Lipinski definition) is 6. The summed E-state index contributed by atoms with van der Waals surface area (Å²) in [7, 11) is 1.45. The molecule has 2 aromatic carbocycles. The summed E-state index contributed by atoms with van der Waals surface area (Å²) in [4.78, 5) is 12.2. The molecule has 0 aliphatic heterocycles. The summed E-state index contributed by atoms with van der Waals surface area (Å²) in [5.41, 5.74) is 3.56. The summed E-state index contributed by atoms with van der Waals surface area (Å²) in [6.45, 7) is -0.159. The van der Waals surface area contributed by atoms with E-state index in [0.29, 0.717) is 16.9 Å². The molecule has 0 atom stereocenters. The van der Waals surface area contributed by atoms with Crippen molar-refractivity contribution < 1.29 is 18.7 Å². The van der Waals surface area contributed by atoms with E-state index in [1.54, 1.807) is 24.3 Å². The molecule has 0 aliphatic carbocycles. The second-order valence-electron chi connectivity index (χ2n) is 5.47. The molecule has 0 bridgehead atoms. The Balaban J connectivity index is 1.73. The summed E-state index contributed by atoms with van der Waals surface area (Å²) < 4.78 is 16.9. The van der Waals surface area contributed by atoms with Crippen LogP contribution in [-0.2, 0) is 0 Å². The van der Waals surface area contributed by atoms with Gasteiger partial charge in [0, 0.05) is 9.86 Å². The van der Waals surface area contributed by atoms with Crippen LogP contribution in [0.3, 0.4) is 0 Å². The second-order valence-corrected chi connectivity index (χ2v) is 6.80. The van der Waals surface area contributed by atoms with Crippen LogP contribution in [0, 0.1) is 11.3 Å². The summed E-state index contributed by atoms with van der Waals surface area (Å²) in [5, 5.41) is 13.6. The van der Waals surface area contributed by atoms with Crippen molar-refractivity contribution in [1.29, 1.82) is 5.26 Å². The Morgan fingerprint density at radius 2 is 2.21 bits per heavy atom. The molecule has 1 N–H and O–H groups in total. The summed E-state index contributed by atoms with van der Waals surface area (Å²) in [5.74, 6) is 0.260. The molecule has 28 heavy (non-hydrogen) atoms. The lowest BCUT2D eigenvalue weighted by Gasteiger charge is -2.11. The third-order valence-corrected chi connectivity index (χ3v) is 4.39. The number of amides is 1. The van der Waals surface area contributed by atoms with Gasteiger partial charge in [0.15, 0.2) is 23.9 Å². The zero-order chi connectivity index (χ0) is 20.1. The molecule has 3 rings (SSSR count). The van der Waals surface area contributed by atoms with E-state index in [1.807, 2.05) is 18.2 Å². The number of rotatable bonds is 6. The van der Waals surface area contributed by atoms with Gasteiger partial charge in [0.2, 0.25) is 0 Å². The first-order valence-corrected chi connectivity index (χ1v) is 9.08. The van der Waals surface area contributed by atoms with Gasteiger partial charge < -0.3 is 13.9 Å². The van der Waals surface area contributed by atoms with E-state index in [9.17, 15) is 4.79 Å². The average molecular weight is 463 g/mol. The minimum Gasteiger partial charge on any atom is -0.493 e. The maximum Gasteiger partial charge on any atom is 0.307 e. The predicted molar refractivity (Wildman–Crippen MR) is 108 cm³/mol. The number of halogens is 2. The predicted octanol–water partition coefficient (Wildman–Crippen LogP) is 4.52. The molecule has 7 nitrogen and oxygen atoms in total. The number of benzene rings is 2. The van der Waals surface area contributed by atoms with Crippen molar-refractivity contribution >= 4 is 50.6 Å². The smallest absolute Gasteiger partial charge is 0.307 e. The fourth-order valence-corrected chi connectivity index (χ4v) is 3.06. The zero-order valence-electron chi connectivity index (χ0n) is 14.5. The molecule has 0 aliphatic rings. The van der Waals surface area contributed by atoms with Crippen LogP contribution in [0.1, 0.15) is 16.1 Å². The number of carbonyl (C=O) groups is 1. The monoisotopic (exact) mass is 461 g/mol. The molecular formula is C19H13BrClN3O4. The number of hydrogen-bond donors (Lipinski definition) is 1. The Morgan fingerprint density at radius 1 is 1.39 bits per heavy atom. The van der Waals surface area contributed by atoms with Crippen LogP contribution in [0.2, 0.25) is 5.02 Å². The molecule has 0 saturated heterocycles. The lowest BCUT2D eigenvalue weighted by molar-refractivity contribution is 0.0929. The molecule has 3 aromatic rings. The van der Waals surface area contributed by atoms with Crippen LogP contribution in [0.4, 0.5) is 0 Å². The third-order valence-electron chi connectivity index (χ3n) is 3.61. The first kappa shape index (κ1) is 19.7. The summed E-state index contributed by atoms with van der Waals surface area (Å²) >= 11 is 9.53. The van der Waals surface area contributed by atoms with Gasteiger partial charge in [-0.15, -0.1) is 0 Å². The van der Waals surface area contributed by atoms with Crippen molar-refractivity contribution in [2.24, 2.45) is 5.10 Å². The number of ether oxygens (including phenoxy) is 2. The van der Waals surface area contributed by atoms with Crippen molar-refractivity contribution in [3.05, 3.63) is 57.2 Å². The molecule has 0 spiro atoms. The number of nitriles is 1. The standard InChI is InChI=1S/C19H13BrClN3O4/c1-26-16-7-11(6-14(21)18(16)27-5-4-22)10-23-24-19(25)17-9-12-8-13(20)2-3-15(12)28-17/h2-3,6-10H,5H2,1H3,(H,24,25)/b23-10+. The van der Waals surface area contributed by atoms with Gasteiger partial charge in [0.25, 0.3) is 0 Å². The number of furan rings is 1. The molecule has 9 heteroatoms. The van der Waals surface area contributed by atoms with Gasteiger partial charge in [-0.2, -0.15) is 10.4 Å². The Kier molecular flexibility index (Phi) is 6.19. The van der Waals surface area contributed by atoms with E-state index in [0.717, 1.165) is 9.86 Å². The highest BCUT2D eigenvalue weighted by Gasteiger charge is 2.13. The van der Waals surface area contributed by atoms with Crippen LogP contribution in [0.5, 0.6) is 11.5 Å². The Bertz CT molecular complexity index is 1100. The first-order chi connectivity index (χ1) is 13.5. The highest BCUT2D eigenvalue weighted by atomic mass is 79.9. The Morgan fingerprint density at radius 3 is 2.96 bits per heavy atom. The number of methoxy groups -OCH3 is 1. The van der Waals surface area contributed by atoms with E-state index in [2.05, 4.69) is 26.5 Å². The van der Waals surface area contributed by atoms with Crippen molar-refractivity contribution in [3.8, 4) is 17.6 Å². The largest absolute Gasteiger partial charge is 0.493 e. The molecule has 1 amide bonds. The molecule has 1 aromatic heterocycles. The zero-order valence-corrected chi connectivity index (χ0v) is 16.9. The average Bonchev–Trinajstić information content (AvgIpc) is 3.10. The fraction of sp³-hybridized carbons (Fsp3) is 0.105. The molecule has 0 saturated carbocycles. The van der Waals surface area contributed by atoms with Crippen LogP contribution >= 0.6 is 27.5 Å². The number of hydrazone groups is 1. The van der Waals surface area contributed by atoms with Gasteiger partial charge in [-0.05, 0) is 42.0 Å². The maximum atomic E-state index is 12.2. The highest BCUT2D eigenvalue weighted by molar-refractivity contribution is 9.10. The third kappa shape index (κ3) is 4.44. The van der Waals surface area contributed by atoms with Crippen molar-refractivity contribution in [2.45, 2.75) is 0 Å². The Hall–Kier alpha value is -3.02. The van der Waals surface area contributed by atoms with E-state index in [-0.39, 0.29) is 23.1 Å². The number of fused-ring (bicyclic) bond motifs is 1. The maximum absolute atomic E-state index is 12.2. The van der Waals surface area contributed by atoms with Crippen molar-refractivity contribution in [3.63, 3.8) is 0 Å². The van der Waals surface area contributed by atoms with Gasteiger partial charge in [0.1, 0.15) is 11.7 Å². The quantitative estimate of drug-likeness (QED) is 0.429. The van der Waals surface area contributed by atoms with E-state index >= 15 is 0 Å². The van der Waals surface area contributed by atoms with Gasteiger partial charge in [0.05, 0.1) is 18.3 Å². The molecular weight excluding hydrogens is 450 g/mol. The van der Waals surface area contributed by atoms with E-state index in [4.69, 9.17) is 30.8 Å². The molecule has 0 fully saturated rings. The minimum absolute atomic E-state index is 0.140. The molecule has 1 heterocycles. The first-order valence-electron chi connectivity index (χ1n) is 7.91. The van der Waals surface area contributed by atoms with Crippen LogP contribution < -0.4 is 14.9 Å². The Labute approximate surface area is 173 Å². The second kappa shape index (κ2) is 8.78. The minimum atomic E-state index is -0.490. The van der Waals surface area contributed by atoms with Gasteiger partial charge in [-0.1, -0.05) is 27.5 Å². The lowest BCUT2D eigenvalue weighted by atomic mass is 10.2. The fourth-order valence-electron chi connectivity index (χ4n) is 2.41. The van der Waals surface area contributed by atoms with Crippen molar-refractivity contribution in [2.75, 3.05) is 13.7 Å². The summed E-state index contributed by atoms with van der Waals surface area (Å²) in [6, 6.07) is 12.1. The topological polar surface area (TPSA) is 96.8 Å². The molecule has 0 radical (unpaired) electrons. The highest BCUT2D eigenvalue weighted by Crippen LogP contribution is 2.36. The van der Waals surface area contributed by atoms with Crippen LogP contribution in [0.25, 0.3) is 11.0 Å². The van der Waals surface area contributed by atoms with Crippen LogP contribution in [-0.4, -0.2) is 25.8 Å². The summed E-state index contributed by atoms with van der Waals surface area (Å²) in [6.07, 6.45) is 1.40.